The number of amides is 1. The molecule has 21 heavy (non-hydrogen) atoms. The summed E-state index contributed by atoms with van der Waals surface area (Å²) >= 11 is 0. The summed E-state index contributed by atoms with van der Waals surface area (Å²) in [5.74, 6) is 0.723. The molecule has 0 saturated carbocycles. The van der Waals surface area contributed by atoms with E-state index in [0.717, 1.165) is 12.2 Å². The zero-order chi connectivity index (χ0) is 15.1. The molecule has 0 spiro atoms. The Bertz CT molecular complexity index is 566. The molecule has 1 amide bonds. The first-order valence-corrected chi connectivity index (χ1v) is 7.07. The van der Waals surface area contributed by atoms with Crippen LogP contribution in [0.25, 0.3) is 0 Å². The Balaban J connectivity index is 1.69. The summed E-state index contributed by atoms with van der Waals surface area (Å²) in [6.45, 7) is 0.518. The molecule has 0 saturated heterocycles. The fourth-order valence-corrected chi connectivity index (χ4v) is 2.06. The highest BCUT2D eigenvalue weighted by Crippen LogP contribution is 2.04. The van der Waals surface area contributed by atoms with Crippen LogP contribution in [0.1, 0.15) is 17.8 Å². The summed E-state index contributed by atoms with van der Waals surface area (Å²) in [6, 6.07) is 9.55. The summed E-state index contributed by atoms with van der Waals surface area (Å²) in [7, 11) is 1.88. The largest absolute Gasteiger partial charge is 0.354 e. The van der Waals surface area contributed by atoms with Crippen molar-refractivity contribution in [2.75, 3.05) is 6.54 Å². The summed E-state index contributed by atoms with van der Waals surface area (Å²) in [5.41, 5.74) is 7.10. The molecule has 0 bridgehead atoms. The fraction of sp³-hybridized carbons (Fsp3) is 0.400. The maximum absolute atomic E-state index is 11.9. The maximum atomic E-state index is 11.9. The zero-order valence-corrected chi connectivity index (χ0v) is 12.2. The molecule has 1 atom stereocenters. The number of carbonyl (C=O) groups excluding carboxylic acids is 1. The van der Waals surface area contributed by atoms with Crippen molar-refractivity contribution in [1.29, 1.82) is 0 Å². The van der Waals surface area contributed by atoms with Crippen molar-refractivity contribution in [3.05, 3.63) is 48.0 Å². The van der Waals surface area contributed by atoms with Crippen molar-refractivity contribution in [2.24, 2.45) is 12.8 Å². The van der Waals surface area contributed by atoms with Gasteiger partial charge in [-0.05, 0) is 18.4 Å². The third kappa shape index (κ3) is 4.68. The Hall–Kier alpha value is -2.21. The van der Waals surface area contributed by atoms with Crippen molar-refractivity contribution in [3.63, 3.8) is 0 Å². The summed E-state index contributed by atoms with van der Waals surface area (Å²) in [6.07, 6.45) is 3.73. The number of nitrogens with two attached hydrogens (primary N) is 1. The number of hydrogen-bond donors (Lipinski definition) is 2. The number of carbonyl (C=O) groups is 1. The van der Waals surface area contributed by atoms with E-state index < -0.39 is 6.04 Å². The highest BCUT2D eigenvalue weighted by atomic mass is 16.2. The number of nitrogens with one attached hydrogen (secondary N) is 1. The zero-order valence-electron chi connectivity index (χ0n) is 12.2. The monoisotopic (exact) mass is 287 g/mol. The molecule has 2 aromatic rings. The molecule has 1 aromatic carbocycles. The van der Waals surface area contributed by atoms with Crippen LogP contribution >= 0.6 is 0 Å². The van der Waals surface area contributed by atoms with Crippen LogP contribution in [0.5, 0.6) is 0 Å². The van der Waals surface area contributed by atoms with Crippen molar-refractivity contribution in [3.8, 4) is 0 Å². The number of benzene rings is 1. The van der Waals surface area contributed by atoms with Crippen molar-refractivity contribution >= 4 is 5.91 Å². The number of aryl methyl sites for hydroxylation is 2. The van der Waals surface area contributed by atoms with Gasteiger partial charge >= 0.3 is 0 Å². The van der Waals surface area contributed by atoms with Gasteiger partial charge in [0.25, 0.3) is 0 Å². The van der Waals surface area contributed by atoms with Gasteiger partial charge in [-0.15, -0.1) is 10.2 Å². The topological polar surface area (TPSA) is 85.8 Å². The molecule has 1 aromatic heterocycles. The fourth-order valence-electron chi connectivity index (χ4n) is 2.06. The lowest BCUT2D eigenvalue weighted by atomic mass is 10.1. The quantitative estimate of drug-likeness (QED) is 0.773. The Labute approximate surface area is 124 Å². The van der Waals surface area contributed by atoms with Crippen LogP contribution in [0.4, 0.5) is 0 Å². The van der Waals surface area contributed by atoms with Crippen LogP contribution in [0.2, 0.25) is 0 Å². The van der Waals surface area contributed by atoms with Crippen LogP contribution in [-0.4, -0.2) is 33.3 Å². The summed E-state index contributed by atoms with van der Waals surface area (Å²) < 4.78 is 1.83. The Morgan fingerprint density at radius 2 is 2.10 bits per heavy atom. The predicted molar refractivity (Wildman–Crippen MR) is 80.5 cm³/mol. The number of nitrogens with zero attached hydrogens (tertiary/aromatic N) is 3. The minimum Gasteiger partial charge on any atom is -0.354 e. The van der Waals surface area contributed by atoms with E-state index >= 15 is 0 Å². The van der Waals surface area contributed by atoms with Gasteiger partial charge in [-0.25, -0.2) is 0 Å². The lowest BCUT2D eigenvalue weighted by Crippen LogP contribution is -2.41. The van der Waals surface area contributed by atoms with Gasteiger partial charge in [-0.3, -0.25) is 4.79 Å². The van der Waals surface area contributed by atoms with Gasteiger partial charge < -0.3 is 15.6 Å². The average molecular weight is 287 g/mol. The van der Waals surface area contributed by atoms with E-state index in [1.807, 2.05) is 41.9 Å². The molecule has 6 nitrogen and oxygen atoms in total. The molecule has 2 rings (SSSR count). The predicted octanol–water partition coefficient (Wildman–Crippen LogP) is 0.434. The lowest BCUT2D eigenvalue weighted by molar-refractivity contribution is -0.122. The van der Waals surface area contributed by atoms with Crippen molar-refractivity contribution in [1.82, 2.24) is 20.1 Å². The van der Waals surface area contributed by atoms with E-state index in [0.29, 0.717) is 19.4 Å². The molecule has 0 aliphatic heterocycles. The minimum atomic E-state index is -0.482. The molecular formula is C15H21N5O. The molecule has 0 unspecified atom stereocenters. The minimum absolute atomic E-state index is 0.118. The average Bonchev–Trinajstić information content (AvgIpc) is 2.91. The molecule has 0 aliphatic carbocycles. The smallest absolute Gasteiger partial charge is 0.236 e. The summed E-state index contributed by atoms with van der Waals surface area (Å²) in [5, 5.41) is 10.6. The van der Waals surface area contributed by atoms with Crippen molar-refractivity contribution < 1.29 is 4.79 Å². The summed E-state index contributed by atoms with van der Waals surface area (Å²) in [4.78, 5) is 11.9. The third-order valence-electron chi connectivity index (χ3n) is 3.38. The van der Waals surface area contributed by atoms with Gasteiger partial charge in [0.1, 0.15) is 12.2 Å². The molecule has 0 fully saturated rings. The number of hydrogen-bond acceptors (Lipinski definition) is 4. The second-order valence-electron chi connectivity index (χ2n) is 5.03. The number of aromatic nitrogens is 3. The third-order valence-corrected chi connectivity index (χ3v) is 3.38. The van der Waals surface area contributed by atoms with Crippen LogP contribution in [-0.2, 0) is 24.7 Å². The standard InChI is InChI=1S/C15H21N5O/c1-20-11-18-19-14(20)9-10-17-15(21)13(16)8-7-12-5-3-2-4-6-12/h2-6,11,13H,7-10,16H2,1H3,(H,17,21)/t13-/m0/s1. The lowest BCUT2D eigenvalue weighted by Gasteiger charge is -2.12. The molecule has 1 heterocycles. The normalized spacial score (nSPS) is 12.1. The van der Waals surface area contributed by atoms with E-state index in [2.05, 4.69) is 15.5 Å². The van der Waals surface area contributed by atoms with Gasteiger partial charge in [0, 0.05) is 20.0 Å². The highest BCUT2D eigenvalue weighted by Gasteiger charge is 2.13. The van der Waals surface area contributed by atoms with E-state index in [4.69, 9.17) is 5.73 Å². The van der Waals surface area contributed by atoms with E-state index in [1.54, 1.807) is 6.33 Å². The van der Waals surface area contributed by atoms with Crippen LogP contribution in [0.3, 0.4) is 0 Å². The van der Waals surface area contributed by atoms with Gasteiger partial charge in [-0.1, -0.05) is 30.3 Å². The first kappa shape index (κ1) is 15.2. The number of rotatable bonds is 7. The molecule has 112 valence electrons. The highest BCUT2D eigenvalue weighted by molar-refractivity contribution is 5.81. The van der Waals surface area contributed by atoms with Crippen LogP contribution in [0, 0.1) is 0 Å². The Morgan fingerprint density at radius 3 is 2.76 bits per heavy atom. The maximum Gasteiger partial charge on any atom is 0.236 e. The second-order valence-corrected chi connectivity index (χ2v) is 5.03. The molecule has 0 radical (unpaired) electrons. The van der Waals surface area contributed by atoms with Gasteiger partial charge in [0.05, 0.1) is 6.04 Å². The van der Waals surface area contributed by atoms with Gasteiger partial charge in [0.2, 0.25) is 5.91 Å². The van der Waals surface area contributed by atoms with Gasteiger partial charge in [-0.2, -0.15) is 0 Å². The SMILES string of the molecule is Cn1cnnc1CCNC(=O)[C@@H](N)CCc1ccccc1. The van der Waals surface area contributed by atoms with E-state index in [1.165, 1.54) is 5.56 Å². The van der Waals surface area contributed by atoms with Crippen LogP contribution in [0.15, 0.2) is 36.7 Å². The van der Waals surface area contributed by atoms with E-state index in [-0.39, 0.29) is 5.91 Å². The Kier molecular flexibility index (Phi) is 5.45. The molecule has 0 aliphatic rings. The molecule has 3 N–H and O–H groups in total. The van der Waals surface area contributed by atoms with Crippen molar-refractivity contribution in [2.45, 2.75) is 25.3 Å². The van der Waals surface area contributed by atoms with E-state index in [9.17, 15) is 4.79 Å². The second kappa shape index (κ2) is 7.54. The van der Waals surface area contributed by atoms with Crippen LogP contribution < -0.4 is 11.1 Å². The Morgan fingerprint density at radius 1 is 1.33 bits per heavy atom. The van der Waals surface area contributed by atoms with Gasteiger partial charge in [0.15, 0.2) is 0 Å². The first-order chi connectivity index (χ1) is 10.2. The molecular weight excluding hydrogens is 266 g/mol. The first-order valence-electron chi connectivity index (χ1n) is 7.07. The molecule has 6 heteroatoms.